The molecule has 0 radical (unpaired) electrons. The average Bonchev–Trinajstić information content (AvgIpc) is 2.43. The van der Waals surface area contributed by atoms with E-state index in [1.54, 1.807) is 0 Å². The van der Waals surface area contributed by atoms with E-state index in [0.29, 0.717) is 3.57 Å². The summed E-state index contributed by atoms with van der Waals surface area (Å²) in [6, 6.07) is 4.04. The molecule has 0 atom stereocenters. The van der Waals surface area contributed by atoms with E-state index in [9.17, 15) is 13.2 Å². The number of nitrogens with zero attached hydrogens (tertiary/aromatic N) is 1. The van der Waals surface area contributed by atoms with Crippen LogP contribution >= 0.6 is 22.6 Å². The zero-order valence-electron chi connectivity index (χ0n) is 11.5. The van der Waals surface area contributed by atoms with Crippen LogP contribution in [0, 0.1) is 3.57 Å². The van der Waals surface area contributed by atoms with E-state index < -0.39 is 16.0 Å². The lowest BCUT2D eigenvalue weighted by Gasteiger charge is -2.20. The first-order chi connectivity index (χ1) is 9.84. The van der Waals surface area contributed by atoms with Gasteiger partial charge in [-0.15, -0.1) is 6.58 Å². The van der Waals surface area contributed by atoms with E-state index >= 15 is 0 Å². The number of hydrogen-bond donors (Lipinski definition) is 1. The standard InChI is InChI=1S/C13H16INO5S/c1-3-6-15(7-8-20-2)21(18,19)10-4-5-12(14)11(9-10)13(16)17/h3-5,9H,1,6-8H2,2H3,(H,16,17). The summed E-state index contributed by atoms with van der Waals surface area (Å²) in [6.07, 6.45) is 1.47. The SMILES string of the molecule is C=CCN(CCOC)S(=O)(=O)c1ccc(I)c(C(=O)O)c1. The lowest BCUT2D eigenvalue weighted by molar-refractivity contribution is 0.0695. The van der Waals surface area contributed by atoms with Gasteiger partial charge in [0.25, 0.3) is 0 Å². The molecule has 0 amide bonds. The van der Waals surface area contributed by atoms with E-state index in [1.807, 2.05) is 22.6 Å². The maximum atomic E-state index is 12.5. The Bertz CT molecular complexity index is 629. The third kappa shape index (κ3) is 4.50. The van der Waals surface area contributed by atoms with Crippen molar-refractivity contribution in [1.29, 1.82) is 0 Å². The number of carboxylic acid groups (broad SMARTS) is 1. The van der Waals surface area contributed by atoms with Crippen molar-refractivity contribution in [3.05, 3.63) is 40.0 Å². The van der Waals surface area contributed by atoms with Crippen LogP contribution in [0.2, 0.25) is 0 Å². The highest BCUT2D eigenvalue weighted by Gasteiger charge is 2.24. The van der Waals surface area contributed by atoms with Crippen molar-refractivity contribution in [2.45, 2.75) is 4.90 Å². The fraction of sp³-hybridized carbons (Fsp3) is 0.308. The summed E-state index contributed by atoms with van der Waals surface area (Å²) in [5, 5.41) is 9.09. The first-order valence-electron chi connectivity index (χ1n) is 5.97. The van der Waals surface area contributed by atoms with Gasteiger partial charge in [0.15, 0.2) is 0 Å². The molecule has 0 aliphatic carbocycles. The normalized spacial score (nSPS) is 11.6. The largest absolute Gasteiger partial charge is 0.478 e. The van der Waals surface area contributed by atoms with Gasteiger partial charge in [-0.1, -0.05) is 6.08 Å². The summed E-state index contributed by atoms with van der Waals surface area (Å²) in [7, 11) is -2.31. The molecule has 0 aromatic heterocycles. The van der Waals surface area contributed by atoms with Crippen molar-refractivity contribution in [1.82, 2.24) is 4.31 Å². The van der Waals surface area contributed by atoms with E-state index in [-0.39, 0.29) is 30.2 Å². The van der Waals surface area contributed by atoms with Gasteiger partial charge in [0.2, 0.25) is 10.0 Å². The fourth-order valence-corrected chi connectivity index (χ4v) is 3.61. The summed E-state index contributed by atoms with van der Waals surface area (Å²) in [4.78, 5) is 11.1. The Morgan fingerprint density at radius 3 is 2.71 bits per heavy atom. The molecule has 0 fully saturated rings. The van der Waals surface area contributed by atoms with Crippen molar-refractivity contribution in [3.8, 4) is 0 Å². The molecular weight excluding hydrogens is 409 g/mol. The summed E-state index contributed by atoms with van der Waals surface area (Å²) in [6.45, 7) is 4.06. The number of benzene rings is 1. The lowest BCUT2D eigenvalue weighted by atomic mass is 10.2. The Kier molecular flexibility index (Phi) is 6.78. The van der Waals surface area contributed by atoms with Crippen LogP contribution in [-0.2, 0) is 14.8 Å². The fourth-order valence-electron chi connectivity index (χ4n) is 1.62. The Morgan fingerprint density at radius 1 is 1.52 bits per heavy atom. The number of carboxylic acids is 1. The van der Waals surface area contributed by atoms with Crippen LogP contribution in [0.3, 0.4) is 0 Å². The molecule has 8 heteroatoms. The summed E-state index contributed by atoms with van der Waals surface area (Å²) in [5.74, 6) is -1.16. The molecule has 1 rings (SSSR count). The van der Waals surface area contributed by atoms with Gasteiger partial charge in [-0.2, -0.15) is 4.31 Å². The number of carbonyl (C=O) groups is 1. The zero-order chi connectivity index (χ0) is 16.0. The highest BCUT2D eigenvalue weighted by atomic mass is 127. The number of ether oxygens (including phenoxy) is 1. The van der Waals surface area contributed by atoms with Crippen LogP contribution in [0.25, 0.3) is 0 Å². The van der Waals surface area contributed by atoms with Gasteiger partial charge in [-0.05, 0) is 40.8 Å². The summed E-state index contributed by atoms with van der Waals surface area (Å²) < 4.78 is 31.6. The number of rotatable bonds is 8. The van der Waals surface area contributed by atoms with Crippen LogP contribution in [0.1, 0.15) is 10.4 Å². The minimum atomic E-state index is -3.79. The molecule has 1 N–H and O–H groups in total. The topological polar surface area (TPSA) is 83.9 Å². The molecule has 0 spiro atoms. The van der Waals surface area contributed by atoms with Crippen molar-refractivity contribution in [2.24, 2.45) is 0 Å². The first kappa shape index (κ1) is 18.1. The number of hydrogen-bond acceptors (Lipinski definition) is 4. The maximum Gasteiger partial charge on any atom is 0.336 e. The average molecular weight is 425 g/mol. The van der Waals surface area contributed by atoms with Gasteiger partial charge in [0.1, 0.15) is 0 Å². The number of halogens is 1. The third-order valence-electron chi connectivity index (χ3n) is 2.68. The van der Waals surface area contributed by atoms with Crippen LogP contribution in [0.15, 0.2) is 35.7 Å². The summed E-state index contributed by atoms with van der Waals surface area (Å²) in [5.41, 5.74) is -0.0398. The predicted octanol–water partition coefficient (Wildman–Crippen LogP) is 1.81. The molecule has 21 heavy (non-hydrogen) atoms. The number of methoxy groups -OCH3 is 1. The van der Waals surface area contributed by atoms with Crippen molar-refractivity contribution >= 4 is 38.6 Å². The third-order valence-corrected chi connectivity index (χ3v) is 5.49. The van der Waals surface area contributed by atoms with Crippen LogP contribution in [0.4, 0.5) is 0 Å². The Hall–Kier alpha value is -0.970. The molecule has 6 nitrogen and oxygen atoms in total. The molecule has 0 heterocycles. The van der Waals surface area contributed by atoms with E-state index in [0.717, 1.165) is 0 Å². The predicted molar refractivity (Wildman–Crippen MR) is 87.0 cm³/mol. The molecule has 0 aliphatic heterocycles. The molecule has 1 aromatic carbocycles. The molecule has 0 saturated heterocycles. The van der Waals surface area contributed by atoms with Crippen LogP contribution in [-0.4, -0.2) is 50.6 Å². The van der Waals surface area contributed by atoms with Gasteiger partial charge >= 0.3 is 5.97 Å². The maximum absolute atomic E-state index is 12.5. The second-order valence-corrected chi connectivity index (χ2v) is 7.19. The Balaban J connectivity index is 3.24. The number of sulfonamides is 1. The monoisotopic (exact) mass is 425 g/mol. The quantitative estimate of drug-likeness (QED) is 0.508. The van der Waals surface area contributed by atoms with Crippen LogP contribution in [0.5, 0.6) is 0 Å². The second-order valence-electron chi connectivity index (χ2n) is 4.09. The second kappa shape index (κ2) is 7.87. The van der Waals surface area contributed by atoms with Gasteiger partial charge in [0.05, 0.1) is 17.1 Å². The minimum Gasteiger partial charge on any atom is -0.478 e. The van der Waals surface area contributed by atoms with Crippen molar-refractivity contribution < 1.29 is 23.1 Å². The molecule has 0 saturated carbocycles. The zero-order valence-corrected chi connectivity index (χ0v) is 14.4. The summed E-state index contributed by atoms with van der Waals surface area (Å²) >= 11 is 1.85. The molecule has 0 bridgehead atoms. The highest BCUT2D eigenvalue weighted by molar-refractivity contribution is 14.1. The molecule has 1 aromatic rings. The number of aromatic carboxylic acids is 1. The Morgan fingerprint density at radius 2 is 2.19 bits per heavy atom. The highest BCUT2D eigenvalue weighted by Crippen LogP contribution is 2.21. The van der Waals surface area contributed by atoms with Crippen molar-refractivity contribution in [3.63, 3.8) is 0 Å². The minimum absolute atomic E-state index is 0.0398. The van der Waals surface area contributed by atoms with Crippen molar-refractivity contribution in [2.75, 3.05) is 26.8 Å². The van der Waals surface area contributed by atoms with E-state index in [1.165, 1.54) is 35.7 Å². The molecular formula is C13H16INO5S. The van der Waals surface area contributed by atoms with Gasteiger partial charge in [0, 0.05) is 23.8 Å². The van der Waals surface area contributed by atoms with Crippen LogP contribution < -0.4 is 0 Å². The molecule has 116 valence electrons. The van der Waals surface area contributed by atoms with Gasteiger partial charge in [-0.3, -0.25) is 0 Å². The van der Waals surface area contributed by atoms with Gasteiger partial charge < -0.3 is 9.84 Å². The smallest absolute Gasteiger partial charge is 0.336 e. The molecule has 0 aliphatic rings. The lowest BCUT2D eigenvalue weighted by Crippen LogP contribution is -2.34. The molecule has 0 unspecified atom stereocenters. The first-order valence-corrected chi connectivity index (χ1v) is 8.49. The van der Waals surface area contributed by atoms with E-state index in [2.05, 4.69) is 6.58 Å². The Labute approximate surface area is 137 Å². The van der Waals surface area contributed by atoms with Gasteiger partial charge in [-0.25, -0.2) is 13.2 Å². The van der Waals surface area contributed by atoms with E-state index in [4.69, 9.17) is 9.84 Å².